The van der Waals surface area contributed by atoms with Crippen LogP contribution in [-0.4, -0.2) is 11.2 Å². The molecule has 50 valence electrons. The molecule has 0 unspecified atom stereocenters. The highest BCUT2D eigenvalue weighted by Gasteiger charge is 2.60. The lowest BCUT2D eigenvalue weighted by molar-refractivity contribution is 0.107. The molecule has 1 heteroatoms. The first-order chi connectivity index (χ1) is 4.36. The summed E-state index contributed by atoms with van der Waals surface area (Å²) in [7, 11) is 0. The number of aliphatic hydroxyl groups is 1. The lowest BCUT2D eigenvalue weighted by atomic mass is 9.98. The maximum Gasteiger partial charge on any atom is 0.0574 e. The van der Waals surface area contributed by atoms with Crippen LogP contribution >= 0.6 is 0 Å². The van der Waals surface area contributed by atoms with Gasteiger partial charge in [0.2, 0.25) is 0 Å². The fourth-order valence-electron chi connectivity index (χ4n) is 3.17. The van der Waals surface area contributed by atoms with E-state index in [1.807, 2.05) is 0 Å². The Morgan fingerprint density at radius 3 is 2.33 bits per heavy atom. The van der Waals surface area contributed by atoms with E-state index in [4.69, 9.17) is 0 Å². The van der Waals surface area contributed by atoms with Crippen molar-refractivity contribution >= 4 is 0 Å². The number of hydrogen-bond acceptors (Lipinski definition) is 1. The number of aliphatic hydroxyl groups excluding tert-OH is 1. The highest BCUT2D eigenvalue weighted by atomic mass is 16.3. The molecule has 0 aromatic rings. The monoisotopic (exact) mass is 124 g/mol. The van der Waals surface area contributed by atoms with Crippen molar-refractivity contribution in [1.82, 2.24) is 0 Å². The van der Waals surface area contributed by atoms with Crippen molar-refractivity contribution < 1.29 is 5.11 Å². The molecule has 0 saturated heterocycles. The van der Waals surface area contributed by atoms with E-state index in [0.29, 0.717) is 0 Å². The minimum Gasteiger partial charge on any atom is -0.393 e. The van der Waals surface area contributed by atoms with Crippen molar-refractivity contribution in [3.05, 3.63) is 0 Å². The Labute approximate surface area is 55.1 Å². The zero-order valence-electron chi connectivity index (χ0n) is 5.46. The van der Waals surface area contributed by atoms with Gasteiger partial charge < -0.3 is 5.11 Å². The molecule has 3 aliphatic carbocycles. The molecule has 0 amide bonds. The van der Waals surface area contributed by atoms with Gasteiger partial charge in [-0.05, 0) is 42.9 Å². The topological polar surface area (TPSA) is 20.2 Å². The van der Waals surface area contributed by atoms with E-state index in [1.54, 1.807) is 0 Å². The van der Waals surface area contributed by atoms with Crippen LogP contribution < -0.4 is 0 Å². The van der Waals surface area contributed by atoms with Crippen LogP contribution in [0.25, 0.3) is 0 Å². The molecule has 0 radical (unpaired) electrons. The van der Waals surface area contributed by atoms with Gasteiger partial charge in [-0.25, -0.2) is 0 Å². The molecule has 1 nitrogen and oxygen atoms in total. The van der Waals surface area contributed by atoms with E-state index in [0.717, 1.165) is 30.1 Å². The molecule has 0 heterocycles. The molecular weight excluding hydrogens is 112 g/mol. The van der Waals surface area contributed by atoms with Gasteiger partial charge in [0.15, 0.2) is 0 Å². The summed E-state index contributed by atoms with van der Waals surface area (Å²) in [6, 6.07) is 0. The van der Waals surface area contributed by atoms with E-state index in [-0.39, 0.29) is 6.10 Å². The molecule has 3 rings (SSSR count). The first kappa shape index (κ1) is 4.73. The molecule has 3 aliphatic rings. The standard InChI is InChI=1S/C8H12O/c9-8-2-4-1-7(8)6-3-5(4)6/h4-9H,1-3H2/t4-,5+,6+,7+,8-/m1/s1. The van der Waals surface area contributed by atoms with Gasteiger partial charge >= 0.3 is 0 Å². The predicted octanol–water partition coefficient (Wildman–Crippen LogP) is 1.02. The summed E-state index contributed by atoms with van der Waals surface area (Å²) < 4.78 is 0. The van der Waals surface area contributed by atoms with Gasteiger partial charge in [-0.1, -0.05) is 0 Å². The van der Waals surface area contributed by atoms with E-state index >= 15 is 0 Å². The minimum absolute atomic E-state index is 0.0961. The number of rotatable bonds is 0. The third-order valence-electron chi connectivity index (χ3n) is 3.66. The smallest absolute Gasteiger partial charge is 0.0574 e. The molecule has 0 spiro atoms. The van der Waals surface area contributed by atoms with Crippen LogP contribution in [0.15, 0.2) is 0 Å². The Hall–Kier alpha value is -0.0400. The first-order valence-corrected chi connectivity index (χ1v) is 4.04. The molecule has 0 aromatic carbocycles. The molecule has 3 fully saturated rings. The van der Waals surface area contributed by atoms with Crippen LogP contribution in [0.4, 0.5) is 0 Å². The molecule has 2 bridgehead atoms. The van der Waals surface area contributed by atoms with E-state index < -0.39 is 0 Å². The Morgan fingerprint density at radius 1 is 0.889 bits per heavy atom. The molecule has 9 heavy (non-hydrogen) atoms. The zero-order valence-corrected chi connectivity index (χ0v) is 5.46. The molecule has 0 aliphatic heterocycles. The molecule has 3 saturated carbocycles. The second-order valence-corrected chi connectivity index (χ2v) is 4.03. The van der Waals surface area contributed by atoms with Gasteiger partial charge in [0.25, 0.3) is 0 Å². The van der Waals surface area contributed by atoms with Crippen molar-refractivity contribution in [1.29, 1.82) is 0 Å². The van der Waals surface area contributed by atoms with Crippen molar-refractivity contribution in [3.8, 4) is 0 Å². The second-order valence-electron chi connectivity index (χ2n) is 4.03. The van der Waals surface area contributed by atoms with Gasteiger partial charge in [-0.15, -0.1) is 0 Å². The van der Waals surface area contributed by atoms with Crippen LogP contribution in [0.5, 0.6) is 0 Å². The summed E-state index contributed by atoms with van der Waals surface area (Å²) in [4.78, 5) is 0. The largest absolute Gasteiger partial charge is 0.393 e. The quantitative estimate of drug-likeness (QED) is 0.511. The highest BCUT2D eigenvalue weighted by molar-refractivity contribution is 5.09. The Balaban J connectivity index is 1.96. The van der Waals surface area contributed by atoms with Crippen LogP contribution in [0.2, 0.25) is 0 Å². The van der Waals surface area contributed by atoms with Gasteiger partial charge in [0, 0.05) is 0 Å². The van der Waals surface area contributed by atoms with Crippen LogP contribution in [0, 0.1) is 23.7 Å². The maximum atomic E-state index is 9.42. The Kier molecular flexibility index (Phi) is 0.628. The lowest BCUT2D eigenvalue weighted by Gasteiger charge is -2.14. The van der Waals surface area contributed by atoms with Gasteiger partial charge in [0.05, 0.1) is 6.10 Å². The van der Waals surface area contributed by atoms with Crippen molar-refractivity contribution in [2.45, 2.75) is 25.4 Å². The second kappa shape index (κ2) is 1.20. The maximum absolute atomic E-state index is 9.42. The van der Waals surface area contributed by atoms with Crippen molar-refractivity contribution in [2.75, 3.05) is 0 Å². The first-order valence-electron chi connectivity index (χ1n) is 4.04. The summed E-state index contributed by atoms with van der Waals surface area (Å²) in [6.45, 7) is 0. The number of fused-ring (bicyclic) bond motifs is 5. The Bertz CT molecular complexity index is 151. The van der Waals surface area contributed by atoms with Crippen molar-refractivity contribution in [3.63, 3.8) is 0 Å². The fourth-order valence-corrected chi connectivity index (χ4v) is 3.17. The van der Waals surface area contributed by atoms with Crippen LogP contribution in [-0.2, 0) is 0 Å². The molecule has 5 atom stereocenters. The van der Waals surface area contributed by atoms with E-state index in [1.165, 1.54) is 12.8 Å². The van der Waals surface area contributed by atoms with E-state index in [2.05, 4.69) is 0 Å². The van der Waals surface area contributed by atoms with Crippen LogP contribution in [0.3, 0.4) is 0 Å². The molecule has 1 N–H and O–H groups in total. The van der Waals surface area contributed by atoms with Crippen LogP contribution in [0.1, 0.15) is 19.3 Å². The average Bonchev–Trinajstić information content (AvgIpc) is 2.46. The van der Waals surface area contributed by atoms with Crippen molar-refractivity contribution in [2.24, 2.45) is 23.7 Å². The average molecular weight is 124 g/mol. The normalized spacial score (nSPS) is 68.3. The summed E-state index contributed by atoms with van der Waals surface area (Å²) in [5, 5.41) is 9.42. The lowest BCUT2D eigenvalue weighted by Crippen LogP contribution is -2.17. The molecular formula is C8H12O. The van der Waals surface area contributed by atoms with E-state index in [9.17, 15) is 5.11 Å². The van der Waals surface area contributed by atoms with Gasteiger partial charge in [-0.2, -0.15) is 0 Å². The Morgan fingerprint density at radius 2 is 1.78 bits per heavy atom. The van der Waals surface area contributed by atoms with Gasteiger partial charge in [-0.3, -0.25) is 0 Å². The summed E-state index contributed by atoms with van der Waals surface area (Å²) in [5.74, 6) is 3.71. The SMILES string of the molecule is O[C@@H]1C[C@H]2C[C@H]1[C@H]1C[C@@H]21. The highest BCUT2D eigenvalue weighted by Crippen LogP contribution is 2.65. The summed E-state index contributed by atoms with van der Waals surface area (Å²) in [6.07, 6.45) is 4.04. The third-order valence-corrected chi connectivity index (χ3v) is 3.66. The minimum atomic E-state index is 0.0961. The summed E-state index contributed by atoms with van der Waals surface area (Å²) >= 11 is 0. The van der Waals surface area contributed by atoms with Gasteiger partial charge in [0.1, 0.15) is 0 Å². The number of hydrogen-bond donors (Lipinski definition) is 1. The summed E-state index contributed by atoms with van der Waals surface area (Å²) in [5.41, 5.74) is 0. The third kappa shape index (κ3) is 0.420. The molecule has 0 aromatic heterocycles. The predicted molar refractivity (Wildman–Crippen MR) is 33.8 cm³/mol. The zero-order chi connectivity index (χ0) is 6.01. The fraction of sp³-hybridized carbons (Fsp3) is 1.00.